The lowest BCUT2D eigenvalue weighted by Gasteiger charge is -2.06. The number of hydrogen-bond acceptors (Lipinski definition) is 4. The predicted octanol–water partition coefficient (Wildman–Crippen LogP) is 2.21. The minimum atomic E-state index is -4.19. The summed E-state index contributed by atoms with van der Waals surface area (Å²) in [5.74, 6) is -2.31. The molecule has 100 valence electrons. The highest BCUT2D eigenvalue weighted by Gasteiger charge is 2.18. The summed E-state index contributed by atoms with van der Waals surface area (Å²) < 4.78 is 51.6. The van der Waals surface area contributed by atoms with Crippen molar-refractivity contribution in [2.24, 2.45) is 0 Å². The first-order valence-corrected chi connectivity index (χ1v) is 6.70. The second-order valence-corrected chi connectivity index (χ2v) is 5.48. The lowest BCUT2D eigenvalue weighted by atomic mass is 10.3. The molecule has 0 unspecified atom stereocenters. The average molecular weight is 306 g/mol. The molecule has 5 nitrogen and oxygen atoms in total. The van der Waals surface area contributed by atoms with E-state index in [1.807, 2.05) is 4.72 Å². The molecule has 9 heteroatoms. The van der Waals surface area contributed by atoms with Gasteiger partial charge in [0.15, 0.2) is 0 Å². The summed E-state index contributed by atoms with van der Waals surface area (Å²) in [5, 5.41) is 0.0260. The van der Waals surface area contributed by atoms with Crippen molar-refractivity contribution >= 4 is 27.6 Å². The first-order chi connectivity index (χ1) is 8.87. The van der Waals surface area contributed by atoms with E-state index in [2.05, 4.69) is 9.97 Å². The second-order valence-electron chi connectivity index (χ2n) is 3.41. The normalized spacial score (nSPS) is 11.3. The maximum absolute atomic E-state index is 13.0. The van der Waals surface area contributed by atoms with Gasteiger partial charge in [0.2, 0.25) is 5.95 Å². The zero-order chi connectivity index (χ0) is 14.0. The van der Waals surface area contributed by atoms with Crippen molar-refractivity contribution in [3.8, 4) is 0 Å². The van der Waals surface area contributed by atoms with Crippen LogP contribution in [0.15, 0.2) is 35.4 Å². The van der Waals surface area contributed by atoms with E-state index in [1.165, 1.54) is 12.3 Å². The number of nitrogens with one attached hydrogen (secondary N) is 1. The molecule has 0 fully saturated rings. The van der Waals surface area contributed by atoms with Crippen LogP contribution in [0.5, 0.6) is 0 Å². The average Bonchev–Trinajstić information content (AvgIpc) is 2.26. The fourth-order valence-corrected chi connectivity index (χ4v) is 2.38. The summed E-state index contributed by atoms with van der Waals surface area (Å²) in [5.41, 5.74) is 0. The van der Waals surface area contributed by atoms with Crippen molar-refractivity contribution in [1.29, 1.82) is 0 Å². The first kappa shape index (κ1) is 13.6. The third-order valence-electron chi connectivity index (χ3n) is 1.99. The molecule has 0 aliphatic heterocycles. The number of rotatable bonds is 3. The van der Waals surface area contributed by atoms with Crippen LogP contribution in [0.3, 0.4) is 0 Å². The van der Waals surface area contributed by atoms with Gasteiger partial charge >= 0.3 is 0 Å². The van der Waals surface area contributed by atoms with Crippen molar-refractivity contribution in [2.45, 2.75) is 4.90 Å². The van der Waals surface area contributed by atoms with E-state index < -0.39 is 26.6 Å². The topological polar surface area (TPSA) is 72.0 Å². The molecule has 1 heterocycles. The highest BCUT2D eigenvalue weighted by Crippen LogP contribution is 2.16. The van der Waals surface area contributed by atoms with Gasteiger partial charge < -0.3 is 0 Å². The SMILES string of the molecule is O=S(=O)(Nc1nccc(Cl)n1)c1cc(F)cc(F)c1. The number of anilines is 1. The standard InChI is InChI=1S/C10H6ClF2N3O2S/c11-9-1-2-14-10(15-9)16-19(17,18)8-4-6(12)3-7(13)5-8/h1-5H,(H,14,15,16). The Labute approximate surface area is 112 Å². The summed E-state index contributed by atoms with van der Waals surface area (Å²) in [7, 11) is -4.19. The lowest BCUT2D eigenvalue weighted by molar-refractivity contribution is 0.568. The van der Waals surface area contributed by atoms with E-state index in [9.17, 15) is 17.2 Å². The summed E-state index contributed by atoms with van der Waals surface area (Å²) in [6.07, 6.45) is 1.24. The summed E-state index contributed by atoms with van der Waals surface area (Å²) in [6.45, 7) is 0. The monoisotopic (exact) mass is 305 g/mol. The van der Waals surface area contributed by atoms with Crippen molar-refractivity contribution in [3.63, 3.8) is 0 Å². The van der Waals surface area contributed by atoms with Gasteiger partial charge in [-0.05, 0) is 18.2 Å². The maximum Gasteiger partial charge on any atom is 0.264 e. The number of benzene rings is 1. The molecular formula is C10H6ClF2N3O2S. The van der Waals surface area contributed by atoms with Crippen LogP contribution in [0.2, 0.25) is 5.15 Å². The van der Waals surface area contributed by atoms with Crippen LogP contribution in [0.1, 0.15) is 0 Å². The zero-order valence-corrected chi connectivity index (χ0v) is 10.7. The van der Waals surface area contributed by atoms with Gasteiger partial charge in [-0.15, -0.1) is 0 Å². The van der Waals surface area contributed by atoms with Gasteiger partial charge in [0, 0.05) is 12.3 Å². The quantitative estimate of drug-likeness (QED) is 0.883. The van der Waals surface area contributed by atoms with E-state index in [4.69, 9.17) is 11.6 Å². The number of nitrogens with zero attached hydrogens (tertiary/aromatic N) is 2. The fourth-order valence-electron chi connectivity index (χ4n) is 1.25. The van der Waals surface area contributed by atoms with E-state index >= 15 is 0 Å². The highest BCUT2D eigenvalue weighted by atomic mass is 35.5. The molecule has 1 N–H and O–H groups in total. The Bertz CT molecular complexity index is 704. The van der Waals surface area contributed by atoms with Gasteiger partial charge in [-0.25, -0.2) is 31.9 Å². The van der Waals surface area contributed by atoms with Crippen LogP contribution in [0, 0.1) is 11.6 Å². The van der Waals surface area contributed by atoms with Crippen LogP contribution >= 0.6 is 11.6 Å². The maximum atomic E-state index is 13.0. The fraction of sp³-hybridized carbons (Fsp3) is 0. The van der Waals surface area contributed by atoms with Crippen molar-refractivity contribution in [1.82, 2.24) is 9.97 Å². The van der Waals surface area contributed by atoms with Crippen molar-refractivity contribution in [2.75, 3.05) is 4.72 Å². The molecule has 1 aromatic carbocycles. The molecule has 0 aliphatic carbocycles. The molecule has 0 aliphatic rings. The van der Waals surface area contributed by atoms with Crippen LogP contribution in [0.25, 0.3) is 0 Å². The molecule has 0 bridgehead atoms. The summed E-state index contributed by atoms with van der Waals surface area (Å²) >= 11 is 5.56. The minimum absolute atomic E-state index is 0.0260. The summed E-state index contributed by atoms with van der Waals surface area (Å²) in [4.78, 5) is 6.65. The molecule has 0 saturated carbocycles. The van der Waals surface area contributed by atoms with Gasteiger partial charge in [-0.2, -0.15) is 0 Å². The smallest absolute Gasteiger partial charge is 0.247 e. The van der Waals surface area contributed by atoms with E-state index in [0.29, 0.717) is 18.2 Å². The highest BCUT2D eigenvalue weighted by molar-refractivity contribution is 7.92. The Morgan fingerprint density at radius 1 is 1.16 bits per heavy atom. The lowest BCUT2D eigenvalue weighted by Crippen LogP contribution is -2.15. The van der Waals surface area contributed by atoms with Gasteiger partial charge in [0.05, 0.1) is 4.90 Å². The molecule has 0 atom stereocenters. The van der Waals surface area contributed by atoms with Crippen molar-refractivity contribution in [3.05, 3.63) is 47.2 Å². The summed E-state index contributed by atoms with van der Waals surface area (Å²) in [6, 6.07) is 3.27. The minimum Gasteiger partial charge on any atom is -0.247 e. The van der Waals surface area contributed by atoms with Gasteiger partial charge in [0.25, 0.3) is 10.0 Å². The number of sulfonamides is 1. The molecule has 19 heavy (non-hydrogen) atoms. The van der Waals surface area contributed by atoms with Gasteiger partial charge in [-0.3, -0.25) is 0 Å². The third kappa shape index (κ3) is 3.36. The van der Waals surface area contributed by atoms with Gasteiger partial charge in [-0.1, -0.05) is 11.6 Å². The van der Waals surface area contributed by atoms with E-state index in [1.54, 1.807) is 0 Å². The Hall–Kier alpha value is -1.80. The van der Waals surface area contributed by atoms with Crippen LogP contribution in [-0.2, 0) is 10.0 Å². The van der Waals surface area contributed by atoms with Crippen molar-refractivity contribution < 1.29 is 17.2 Å². The second kappa shape index (κ2) is 5.06. The largest absolute Gasteiger partial charge is 0.264 e. The third-order valence-corrected chi connectivity index (χ3v) is 3.51. The number of hydrogen-bond donors (Lipinski definition) is 1. The number of aromatic nitrogens is 2. The Morgan fingerprint density at radius 2 is 1.79 bits per heavy atom. The van der Waals surface area contributed by atoms with Gasteiger partial charge in [0.1, 0.15) is 16.8 Å². The molecule has 0 saturated heterocycles. The molecule has 0 spiro atoms. The van der Waals surface area contributed by atoms with E-state index in [-0.39, 0.29) is 11.1 Å². The predicted molar refractivity (Wildman–Crippen MR) is 64.2 cm³/mol. The molecule has 2 aromatic rings. The Morgan fingerprint density at radius 3 is 2.37 bits per heavy atom. The molecule has 0 amide bonds. The Balaban J connectivity index is 2.37. The van der Waals surface area contributed by atoms with Crippen LogP contribution in [-0.4, -0.2) is 18.4 Å². The zero-order valence-electron chi connectivity index (χ0n) is 9.14. The molecule has 0 radical (unpaired) electrons. The van der Waals surface area contributed by atoms with Crippen LogP contribution in [0.4, 0.5) is 14.7 Å². The molecular weight excluding hydrogens is 300 g/mol. The van der Waals surface area contributed by atoms with E-state index in [0.717, 1.165) is 0 Å². The number of halogens is 3. The first-order valence-electron chi connectivity index (χ1n) is 4.84. The molecule has 2 rings (SSSR count). The Kier molecular flexibility index (Phi) is 3.63. The van der Waals surface area contributed by atoms with Crippen LogP contribution < -0.4 is 4.72 Å². The molecule has 1 aromatic heterocycles.